The third-order valence-corrected chi connectivity index (χ3v) is 4.91. The van der Waals surface area contributed by atoms with Crippen LogP contribution in [0.3, 0.4) is 0 Å². The average Bonchev–Trinajstić information content (AvgIpc) is 3.42. The van der Waals surface area contributed by atoms with Gasteiger partial charge in [-0.1, -0.05) is 18.2 Å². The van der Waals surface area contributed by atoms with Crippen molar-refractivity contribution in [1.29, 1.82) is 0 Å². The molecule has 4 heterocycles. The summed E-state index contributed by atoms with van der Waals surface area (Å²) in [6.07, 6.45) is 7.42. The number of pyridine rings is 2. The van der Waals surface area contributed by atoms with E-state index in [1.54, 1.807) is 12.4 Å². The highest BCUT2D eigenvalue weighted by molar-refractivity contribution is 6.08. The molecular weight excluding hydrogens is 364 g/mol. The molecule has 0 aliphatic heterocycles. The third-order valence-electron chi connectivity index (χ3n) is 4.91. The molecule has 144 valence electrons. The SMILES string of the molecule is Nc1nc2cc(-c3ccn[nH]3)ccc2c2cn(CCNCc3cccnc3)nc12. The van der Waals surface area contributed by atoms with E-state index in [1.807, 2.05) is 35.3 Å². The minimum absolute atomic E-state index is 0.441. The first-order chi connectivity index (χ1) is 14.3. The highest BCUT2D eigenvalue weighted by Gasteiger charge is 2.12. The predicted octanol–water partition coefficient (Wildman–Crippen LogP) is 2.74. The standard InChI is InChI=1S/C21H20N8/c22-21-20-17(13-29(28-20)9-8-24-12-14-2-1-6-23-11-14)16-4-3-15(10-19(16)26-21)18-5-7-25-27-18/h1-7,10-11,13,24H,8-9,12H2,(H2,22,26)(H,25,27). The molecule has 0 amide bonds. The smallest absolute Gasteiger partial charge is 0.152 e. The fourth-order valence-corrected chi connectivity index (χ4v) is 3.47. The number of aromatic nitrogens is 6. The molecular formula is C21H20N8. The van der Waals surface area contributed by atoms with Crippen LogP contribution in [0.2, 0.25) is 0 Å². The van der Waals surface area contributed by atoms with Crippen molar-refractivity contribution in [3.63, 3.8) is 0 Å². The first-order valence-electron chi connectivity index (χ1n) is 9.44. The Morgan fingerprint density at radius 2 is 2.07 bits per heavy atom. The Hall–Kier alpha value is -3.78. The summed E-state index contributed by atoms with van der Waals surface area (Å²) in [6.45, 7) is 2.30. The van der Waals surface area contributed by atoms with Crippen LogP contribution in [0.1, 0.15) is 5.56 Å². The van der Waals surface area contributed by atoms with Crippen molar-refractivity contribution in [2.75, 3.05) is 12.3 Å². The minimum Gasteiger partial charge on any atom is -0.382 e. The minimum atomic E-state index is 0.441. The van der Waals surface area contributed by atoms with Crippen LogP contribution in [0.4, 0.5) is 5.82 Å². The Morgan fingerprint density at radius 3 is 2.90 bits per heavy atom. The lowest BCUT2D eigenvalue weighted by molar-refractivity contribution is 0.558. The monoisotopic (exact) mass is 384 g/mol. The number of nitrogens with two attached hydrogens (primary N) is 1. The fraction of sp³-hybridized carbons (Fsp3) is 0.143. The van der Waals surface area contributed by atoms with Crippen molar-refractivity contribution in [2.24, 2.45) is 0 Å². The molecule has 8 heteroatoms. The summed E-state index contributed by atoms with van der Waals surface area (Å²) in [6, 6.07) is 12.1. The van der Waals surface area contributed by atoms with Crippen LogP contribution in [-0.4, -0.2) is 36.5 Å². The summed E-state index contributed by atoms with van der Waals surface area (Å²) in [5, 5.41) is 17.1. The van der Waals surface area contributed by atoms with Gasteiger partial charge in [-0.25, -0.2) is 4.98 Å². The molecule has 4 aromatic heterocycles. The normalized spacial score (nSPS) is 11.4. The molecule has 0 fully saturated rings. The maximum Gasteiger partial charge on any atom is 0.152 e. The van der Waals surface area contributed by atoms with Crippen molar-refractivity contribution >= 4 is 27.6 Å². The van der Waals surface area contributed by atoms with Gasteiger partial charge in [-0.2, -0.15) is 10.2 Å². The van der Waals surface area contributed by atoms with Crippen LogP contribution in [0.25, 0.3) is 33.1 Å². The molecule has 0 spiro atoms. The van der Waals surface area contributed by atoms with Gasteiger partial charge in [-0.15, -0.1) is 0 Å². The quantitative estimate of drug-likeness (QED) is 0.388. The fourth-order valence-electron chi connectivity index (χ4n) is 3.47. The zero-order valence-electron chi connectivity index (χ0n) is 15.7. The number of hydrogen-bond acceptors (Lipinski definition) is 6. The molecule has 4 N–H and O–H groups in total. The number of nitrogens with zero attached hydrogens (tertiary/aromatic N) is 5. The lowest BCUT2D eigenvalue weighted by Gasteiger charge is -2.04. The maximum atomic E-state index is 6.21. The Kier molecular flexibility index (Phi) is 4.38. The van der Waals surface area contributed by atoms with E-state index in [9.17, 15) is 0 Å². The molecule has 0 aliphatic rings. The molecule has 0 saturated heterocycles. The number of hydrogen-bond donors (Lipinski definition) is 3. The molecule has 5 aromatic rings. The molecule has 1 aromatic carbocycles. The Labute approximate surface area is 166 Å². The van der Waals surface area contributed by atoms with E-state index in [1.165, 1.54) is 0 Å². The van der Waals surface area contributed by atoms with Crippen molar-refractivity contribution in [1.82, 2.24) is 35.3 Å². The predicted molar refractivity (Wildman–Crippen MR) is 113 cm³/mol. The van der Waals surface area contributed by atoms with Gasteiger partial charge in [0.15, 0.2) is 5.82 Å². The molecule has 0 radical (unpaired) electrons. The van der Waals surface area contributed by atoms with Crippen molar-refractivity contribution in [3.8, 4) is 11.3 Å². The summed E-state index contributed by atoms with van der Waals surface area (Å²) in [4.78, 5) is 8.70. The summed E-state index contributed by atoms with van der Waals surface area (Å²) in [7, 11) is 0. The number of nitrogen functional groups attached to an aromatic ring is 1. The molecule has 0 unspecified atom stereocenters. The zero-order valence-corrected chi connectivity index (χ0v) is 15.7. The number of fused-ring (bicyclic) bond motifs is 3. The number of benzene rings is 1. The molecule has 0 atom stereocenters. The van der Waals surface area contributed by atoms with Gasteiger partial charge in [0.25, 0.3) is 0 Å². The molecule has 8 nitrogen and oxygen atoms in total. The highest BCUT2D eigenvalue weighted by Crippen LogP contribution is 2.29. The molecule has 5 rings (SSSR count). The lowest BCUT2D eigenvalue weighted by atomic mass is 10.1. The van der Waals surface area contributed by atoms with Crippen LogP contribution in [0.5, 0.6) is 0 Å². The van der Waals surface area contributed by atoms with Crippen LogP contribution in [0.15, 0.2) is 61.2 Å². The first-order valence-corrected chi connectivity index (χ1v) is 9.44. The van der Waals surface area contributed by atoms with Crippen molar-refractivity contribution in [3.05, 3.63) is 66.7 Å². The Bertz CT molecular complexity index is 1260. The highest BCUT2D eigenvalue weighted by atomic mass is 15.3. The maximum absolute atomic E-state index is 6.21. The van der Waals surface area contributed by atoms with E-state index in [2.05, 4.69) is 48.8 Å². The topological polar surface area (TPSA) is 110 Å². The van der Waals surface area contributed by atoms with Gasteiger partial charge >= 0.3 is 0 Å². The largest absolute Gasteiger partial charge is 0.382 e. The lowest BCUT2D eigenvalue weighted by Crippen LogP contribution is -2.19. The molecule has 0 aliphatic carbocycles. The van der Waals surface area contributed by atoms with Crippen LogP contribution in [-0.2, 0) is 13.1 Å². The van der Waals surface area contributed by atoms with Crippen LogP contribution < -0.4 is 11.1 Å². The van der Waals surface area contributed by atoms with Crippen LogP contribution in [0, 0.1) is 0 Å². The number of aromatic amines is 1. The number of anilines is 1. The van der Waals surface area contributed by atoms with Crippen LogP contribution >= 0.6 is 0 Å². The summed E-state index contributed by atoms with van der Waals surface area (Å²) in [5.74, 6) is 0.441. The number of nitrogens with one attached hydrogen (secondary N) is 2. The number of rotatable bonds is 6. The van der Waals surface area contributed by atoms with Gasteiger partial charge in [0.05, 0.1) is 17.8 Å². The summed E-state index contributed by atoms with van der Waals surface area (Å²) in [5.41, 5.74) is 10.9. The van der Waals surface area contributed by atoms with Gasteiger partial charge < -0.3 is 11.1 Å². The van der Waals surface area contributed by atoms with E-state index in [0.29, 0.717) is 5.82 Å². The second kappa shape index (κ2) is 7.33. The van der Waals surface area contributed by atoms with E-state index >= 15 is 0 Å². The Morgan fingerprint density at radius 1 is 1.10 bits per heavy atom. The summed E-state index contributed by atoms with van der Waals surface area (Å²) < 4.78 is 1.92. The second-order valence-corrected chi connectivity index (χ2v) is 6.89. The van der Waals surface area contributed by atoms with E-state index < -0.39 is 0 Å². The van der Waals surface area contributed by atoms with E-state index in [4.69, 9.17) is 5.73 Å². The van der Waals surface area contributed by atoms with Gasteiger partial charge in [-0.3, -0.25) is 14.8 Å². The van der Waals surface area contributed by atoms with Gasteiger partial charge in [-0.05, 0) is 23.8 Å². The zero-order chi connectivity index (χ0) is 19.6. The molecule has 29 heavy (non-hydrogen) atoms. The Balaban J connectivity index is 1.38. The van der Waals surface area contributed by atoms with Crippen molar-refractivity contribution in [2.45, 2.75) is 13.1 Å². The van der Waals surface area contributed by atoms with E-state index in [-0.39, 0.29) is 0 Å². The van der Waals surface area contributed by atoms with Gasteiger partial charge in [0.2, 0.25) is 0 Å². The summed E-state index contributed by atoms with van der Waals surface area (Å²) >= 11 is 0. The number of H-pyrrole nitrogens is 1. The molecule has 0 saturated carbocycles. The van der Waals surface area contributed by atoms with E-state index in [0.717, 1.165) is 58.3 Å². The average molecular weight is 384 g/mol. The van der Waals surface area contributed by atoms with Gasteiger partial charge in [0.1, 0.15) is 5.52 Å². The molecule has 0 bridgehead atoms. The van der Waals surface area contributed by atoms with Gasteiger partial charge in [0, 0.05) is 54.2 Å². The third kappa shape index (κ3) is 3.41. The second-order valence-electron chi connectivity index (χ2n) is 6.89. The van der Waals surface area contributed by atoms with Crippen molar-refractivity contribution < 1.29 is 0 Å². The first kappa shape index (κ1) is 17.3.